The van der Waals surface area contributed by atoms with Crippen LogP contribution in [0, 0.1) is 0 Å². The summed E-state index contributed by atoms with van der Waals surface area (Å²) in [7, 11) is 0. The molecule has 2 amide bonds. The van der Waals surface area contributed by atoms with E-state index in [9.17, 15) is 9.59 Å². The van der Waals surface area contributed by atoms with Crippen LogP contribution in [0.2, 0.25) is 15.1 Å². The number of anilines is 1. The first-order valence-electron chi connectivity index (χ1n) is 9.82. The maximum Gasteiger partial charge on any atom is 0.238 e. The molecule has 3 aromatic carbocycles. The first kappa shape index (κ1) is 20.4. The van der Waals surface area contributed by atoms with E-state index in [4.69, 9.17) is 34.8 Å². The van der Waals surface area contributed by atoms with Gasteiger partial charge in [0.05, 0.1) is 6.04 Å². The molecule has 4 nitrogen and oxygen atoms in total. The molecule has 2 N–H and O–H groups in total. The number of halogens is 3. The molecule has 3 aromatic rings. The number of carbonyl (C=O) groups excluding carboxylic acids is 2. The zero-order valence-corrected chi connectivity index (χ0v) is 18.4. The highest BCUT2D eigenvalue weighted by atomic mass is 35.5. The molecule has 156 valence electrons. The Morgan fingerprint density at radius 3 is 2.42 bits per heavy atom. The Kier molecular flexibility index (Phi) is 4.97. The monoisotopic (exact) mass is 470 g/mol. The average Bonchev–Trinajstić information content (AvgIpc) is 3.01. The van der Waals surface area contributed by atoms with Gasteiger partial charge in [0, 0.05) is 33.1 Å². The molecule has 31 heavy (non-hydrogen) atoms. The molecule has 0 saturated carbocycles. The Morgan fingerprint density at radius 1 is 0.871 bits per heavy atom. The summed E-state index contributed by atoms with van der Waals surface area (Å²) >= 11 is 19.1. The summed E-state index contributed by atoms with van der Waals surface area (Å²) in [4.78, 5) is 26.7. The van der Waals surface area contributed by atoms with Crippen LogP contribution in [0.5, 0.6) is 0 Å². The van der Waals surface area contributed by atoms with Crippen molar-refractivity contribution in [1.82, 2.24) is 5.32 Å². The highest BCUT2D eigenvalue weighted by Crippen LogP contribution is 2.58. The van der Waals surface area contributed by atoms with Crippen LogP contribution < -0.4 is 10.6 Å². The van der Waals surface area contributed by atoms with Gasteiger partial charge in [0.1, 0.15) is 5.41 Å². The lowest BCUT2D eigenvalue weighted by molar-refractivity contribution is -0.131. The Morgan fingerprint density at radius 2 is 1.65 bits per heavy atom. The molecule has 1 saturated heterocycles. The number of hydrogen-bond donors (Lipinski definition) is 2. The highest BCUT2D eigenvalue weighted by Gasteiger charge is 2.61. The van der Waals surface area contributed by atoms with Gasteiger partial charge in [-0.15, -0.1) is 0 Å². The van der Waals surface area contributed by atoms with Gasteiger partial charge in [0.2, 0.25) is 11.8 Å². The smallest absolute Gasteiger partial charge is 0.238 e. The summed E-state index contributed by atoms with van der Waals surface area (Å²) in [6.45, 7) is 0. The van der Waals surface area contributed by atoms with Gasteiger partial charge in [-0.2, -0.15) is 0 Å². The Balaban J connectivity index is 1.83. The third kappa shape index (κ3) is 3.13. The van der Waals surface area contributed by atoms with Crippen LogP contribution in [-0.2, 0) is 15.0 Å². The van der Waals surface area contributed by atoms with Crippen molar-refractivity contribution in [2.24, 2.45) is 0 Å². The predicted octanol–water partition coefficient (Wildman–Crippen LogP) is 5.88. The van der Waals surface area contributed by atoms with Crippen LogP contribution in [0.3, 0.4) is 0 Å². The van der Waals surface area contributed by atoms with E-state index in [2.05, 4.69) is 10.6 Å². The molecule has 2 aliphatic heterocycles. The van der Waals surface area contributed by atoms with Gasteiger partial charge >= 0.3 is 0 Å². The van der Waals surface area contributed by atoms with Crippen LogP contribution in [0.4, 0.5) is 5.69 Å². The molecule has 2 aliphatic rings. The first-order valence-corrected chi connectivity index (χ1v) is 11.0. The molecular weight excluding hydrogens is 455 g/mol. The lowest BCUT2D eigenvalue weighted by Gasteiger charge is -2.46. The van der Waals surface area contributed by atoms with Crippen molar-refractivity contribution in [3.63, 3.8) is 0 Å². The van der Waals surface area contributed by atoms with Gasteiger partial charge in [-0.3, -0.25) is 9.59 Å². The van der Waals surface area contributed by atoms with E-state index in [1.54, 1.807) is 24.3 Å². The van der Waals surface area contributed by atoms with Crippen molar-refractivity contribution < 1.29 is 9.59 Å². The third-order valence-corrected chi connectivity index (χ3v) is 7.03. The van der Waals surface area contributed by atoms with Crippen molar-refractivity contribution in [2.45, 2.75) is 23.8 Å². The van der Waals surface area contributed by atoms with Crippen molar-refractivity contribution in [3.8, 4) is 0 Å². The van der Waals surface area contributed by atoms with Crippen molar-refractivity contribution in [2.75, 3.05) is 5.32 Å². The molecule has 5 rings (SSSR count). The summed E-state index contributed by atoms with van der Waals surface area (Å²) in [6, 6.07) is 19.3. The number of fused-ring (bicyclic) bond motifs is 2. The summed E-state index contributed by atoms with van der Waals surface area (Å²) in [5.74, 6) is -0.820. The molecule has 0 bridgehead atoms. The standard InChI is InChI=1S/C24H17Cl3N2O2/c25-14-5-3-4-13(10-14)18-12-21(30)29-22(16-6-1-2-7-19(16)27)24(18)17-9-8-15(26)11-20(17)28-23(24)31/h1-11,18,22H,12H2,(H,28,31)(H,29,30)/t18-,22+,24-/m0/s1. The van der Waals surface area contributed by atoms with E-state index < -0.39 is 17.4 Å². The number of nitrogens with one attached hydrogen (secondary N) is 2. The van der Waals surface area contributed by atoms with Gasteiger partial charge in [0.25, 0.3) is 0 Å². The quantitative estimate of drug-likeness (QED) is 0.490. The second-order valence-electron chi connectivity index (χ2n) is 7.85. The van der Waals surface area contributed by atoms with Crippen molar-refractivity contribution in [1.29, 1.82) is 0 Å². The van der Waals surface area contributed by atoms with Gasteiger partial charge in [-0.1, -0.05) is 71.2 Å². The van der Waals surface area contributed by atoms with Crippen LogP contribution in [-0.4, -0.2) is 11.8 Å². The number of carbonyl (C=O) groups is 2. The van der Waals surface area contributed by atoms with Gasteiger partial charge < -0.3 is 10.6 Å². The second-order valence-corrected chi connectivity index (χ2v) is 9.13. The van der Waals surface area contributed by atoms with E-state index in [-0.39, 0.29) is 18.2 Å². The first-order chi connectivity index (χ1) is 14.9. The summed E-state index contributed by atoms with van der Waals surface area (Å²) in [6.07, 6.45) is 0.136. The average molecular weight is 472 g/mol. The van der Waals surface area contributed by atoms with Crippen LogP contribution >= 0.6 is 34.8 Å². The molecule has 0 radical (unpaired) electrons. The minimum absolute atomic E-state index is 0.136. The van der Waals surface area contributed by atoms with Crippen LogP contribution in [0.15, 0.2) is 66.7 Å². The molecular formula is C24H17Cl3N2O2. The molecule has 0 aromatic heterocycles. The normalized spacial score (nSPS) is 24.6. The van der Waals surface area contributed by atoms with E-state index in [0.29, 0.717) is 26.3 Å². The SMILES string of the molecule is O=C1C[C@@H](c2cccc(Cl)c2)[C@]2(C(=O)Nc3cc(Cl)ccc32)[C@@H](c2ccccc2Cl)N1. The molecule has 2 heterocycles. The summed E-state index contributed by atoms with van der Waals surface area (Å²) in [5.41, 5.74) is 1.79. The van der Waals surface area contributed by atoms with Crippen molar-refractivity contribution in [3.05, 3.63) is 98.5 Å². The van der Waals surface area contributed by atoms with Crippen LogP contribution in [0.1, 0.15) is 35.1 Å². The maximum absolute atomic E-state index is 13.8. The Bertz CT molecular complexity index is 1230. The number of piperidine rings is 1. The second kappa shape index (κ2) is 7.56. The molecule has 1 fully saturated rings. The fourth-order valence-electron chi connectivity index (χ4n) is 4.98. The van der Waals surface area contributed by atoms with E-state index in [1.807, 2.05) is 42.5 Å². The summed E-state index contributed by atoms with van der Waals surface area (Å²) in [5, 5.41) is 7.60. The van der Waals surface area contributed by atoms with Crippen LogP contribution in [0.25, 0.3) is 0 Å². The Labute approximate surface area is 194 Å². The van der Waals surface area contributed by atoms with Gasteiger partial charge in [-0.05, 0) is 47.0 Å². The number of benzene rings is 3. The minimum atomic E-state index is -1.12. The van der Waals surface area contributed by atoms with E-state index in [1.165, 1.54) is 0 Å². The Hall–Kier alpha value is -2.53. The largest absolute Gasteiger partial charge is 0.348 e. The number of amides is 2. The zero-order chi connectivity index (χ0) is 21.8. The van der Waals surface area contributed by atoms with Gasteiger partial charge in [0.15, 0.2) is 0 Å². The molecule has 7 heteroatoms. The molecule has 0 unspecified atom stereocenters. The van der Waals surface area contributed by atoms with Crippen molar-refractivity contribution >= 4 is 52.3 Å². The lowest BCUT2D eigenvalue weighted by Crippen LogP contribution is -2.56. The molecule has 0 aliphatic carbocycles. The molecule has 3 atom stereocenters. The zero-order valence-electron chi connectivity index (χ0n) is 16.2. The topological polar surface area (TPSA) is 58.2 Å². The van der Waals surface area contributed by atoms with E-state index in [0.717, 1.165) is 11.1 Å². The van der Waals surface area contributed by atoms with E-state index >= 15 is 0 Å². The molecule has 1 spiro atoms. The fraction of sp³-hybridized carbons (Fsp3) is 0.167. The lowest BCUT2D eigenvalue weighted by atomic mass is 9.59. The highest BCUT2D eigenvalue weighted by molar-refractivity contribution is 6.32. The maximum atomic E-state index is 13.8. The number of hydrogen-bond acceptors (Lipinski definition) is 2. The predicted molar refractivity (Wildman–Crippen MR) is 123 cm³/mol. The minimum Gasteiger partial charge on any atom is -0.348 e. The third-order valence-electron chi connectivity index (χ3n) is 6.22. The van der Waals surface area contributed by atoms with Gasteiger partial charge in [-0.25, -0.2) is 0 Å². The summed E-state index contributed by atoms with van der Waals surface area (Å²) < 4.78 is 0. The fourth-order valence-corrected chi connectivity index (χ4v) is 5.59. The number of rotatable bonds is 2.